The van der Waals surface area contributed by atoms with Crippen molar-refractivity contribution in [2.24, 2.45) is 0 Å². The van der Waals surface area contributed by atoms with Gasteiger partial charge in [-0.1, -0.05) is 0 Å². The first-order chi connectivity index (χ1) is 5.77. The average molecular weight is 170 g/mol. The van der Waals surface area contributed by atoms with Gasteiger partial charge in [0.1, 0.15) is 0 Å². The number of nitrogens with zero attached hydrogens (tertiary/aromatic N) is 1. The number of rotatable bonds is 3. The minimum absolute atomic E-state index is 0.126. The number of ether oxygens (including phenoxy) is 1. The second-order valence-corrected chi connectivity index (χ2v) is 2.14. The highest BCUT2D eigenvalue weighted by Gasteiger charge is 2.09. The molecule has 0 aliphatic rings. The fourth-order valence-corrected chi connectivity index (χ4v) is 0.743. The molecule has 1 aromatic heterocycles. The third kappa shape index (κ3) is 1.82. The summed E-state index contributed by atoms with van der Waals surface area (Å²) in [5.74, 6) is -0.377. The summed E-state index contributed by atoms with van der Waals surface area (Å²) in [7, 11) is 0. The quantitative estimate of drug-likeness (QED) is 0.630. The zero-order valence-corrected chi connectivity index (χ0v) is 6.70. The molecule has 0 unspecified atom stereocenters. The van der Waals surface area contributed by atoms with Crippen molar-refractivity contribution in [1.29, 1.82) is 0 Å². The lowest BCUT2D eigenvalue weighted by molar-refractivity contribution is 0.0513. The summed E-state index contributed by atoms with van der Waals surface area (Å²) < 4.78 is 4.67. The maximum absolute atomic E-state index is 11.0. The molecule has 1 heterocycles. The van der Waals surface area contributed by atoms with Gasteiger partial charge >= 0.3 is 5.97 Å². The van der Waals surface area contributed by atoms with Crippen LogP contribution in [0.25, 0.3) is 0 Å². The molecule has 1 rings (SSSR count). The lowest BCUT2D eigenvalue weighted by Gasteiger charge is -1.95. The second-order valence-electron chi connectivity index (χ2n) is 2.14. The van der Waals surface area contributed by atoms with Crippen LogP contribution in [0.2, 0.25) is 0 Å². The first kappa shape index (κ1) is 8.73. The Morgan fingerprint density at radius 2 is 2.58 bits per heavy atom. The van der Waals surface area contributed by atoms with Gasteiger partial charge in [0, 0.05) is 0 Å². The molecule has 0 aromatic carbocycles. The smallest absolute Gasteiger partial charge is 0.374 e. The molecule has 0 radical (unpaired) electrons. The van der Waals surface area contributed by atoms with Gasteiger partial charge in [-0.25, -0.2) is 9.78 Å². The van der Waals surface area contributed by atoms with E-state index in [4.69, 9.17) is 5.11 Å². The van der Waals surface area contributed by atoms with E-state index in [1.165, 1.54) is 6.20 Å². The normalized spacial score (nSPS) is 9.83. The van der Waals surface area contributed by atoms with E-state index in [0.29, 0.717) is 12.3 Å². The van der Waals surface area contributed by atoms with Gasteiger partial charge < -0.3 is 14.8 Å². The van der Waals surface area contributed by atoms with Crippen molar-refractivity contribution in [1.82, 2.24) is 9.97 Å². The number of aliphatic hydroxyl groups is 1. The summed E-state index contributed by atoms with van der Waals surface area (Å²) in [5.41, 5.74) is 0.498. The van der Waals surface area contributed by atoms with Crippen LogP contribution in [0.5, 0.6) is 0 Å². The molecule has 0 saturated carbocycles. The maximum atomic E-state index is 11.0. The van der Waals surface area contributed by atoms with E-state index in [9.17, 15) is 4.79 Å². The molecule has 0 atom stereocenters. The number of aliphatic hydroxyl groups excluding tert-OH is 1. The van der Waals surface area contributed by atoms with Crippen molar-refractivity contribution in [2.45, 2.75) is 13.5 Å². The highest BCUT2D eigenvalue weighted by molar-refractivity contribution is 5.85. The summed E-state index contributed by atoms with van der Waals surface area (Å²) in [6.07, 6.45) is 1.40. The van der Waals surface area contributed by atoms with Crippen LogP contribution in [0.3, 0.4) is 0 Å². The fourth-order valence-electron chi connectivity index (χ4n) is 0.743. The summed E-state index contributed by atoms with van der Waals surface area (Å²) in [6.45, 7) is 1.87. The average Bonchev–Trinajstić information content (AvgIpc) is 2.52. The number of nitrogens with one attached hydrogen (secondary N) is 1. The summed E-state index contributed by atoms with van der Waals surface area (Å²) in [6, 6.07) is 0. The van der Waals surface area contributed by atoms with Crippen LogP contribution in [-0.4, -0.2) is 27.7 Å². The predicted octanol–water partition coefficient (Wildman–Crippen LogP) is 0.0787. The third-order valence-corrected chi connectivity index (χ3v) is 1.27. The van der Waals surface area contributed by atoms with E-state index in [1.807, 2.05) is 0 Å². The predicted molar refractivity (Wildman–Crippen MR) is 40.5 cm³/mol. The molecule has 0 aliphatic heterocycles. The highest BCUT2D eigenvalue weighted by Crippen LogP contribution is 1.98. The van der Waals surface area contributed by atoms with Crippen LogP contribution in [0.15, 0.2) is 6.20 Å². The van der Waals surface area contributed by atoms with Crippen LogP contribution in [0, 0.1) is 0 Å². The van der Waals surface area contributed by atoms with Crippen molar-refractivity contribution >= 4 is 5.97 Å². The Hall–Kier alpha value is -1.36. The lowest BCUT2D eigenvalue weighted by atomic mass is 10.5. The molecule has 0 amide bonds. The third-order valence-electron chi connectivity index (χ3n) is 1.27. The Balaban J connectivity index is 2.68. The zero-order chi connectivity index (χ0) is 8.97. The molecule has 0 fully saturated rings. The monoisotopic (exact) mass is 170 g/mol. The molecular formula is C7H10N2O3. The number of aromatic nitrogens is 2. The van der Waals surface area contributed by atoms with E-state index in [2.05, 4.69) is 14.7 Å². The fraction of sp³-hybridized carbons (Fsp3) is 0.429. The SMILES string of the molecule is CCOC(=O)c1ncc(CO)[nH]1. The molecule has 0 aliphatic carbocycles. The Kier molecular flexibility index (Phi) is 2.82. The molecule has 0 spiro atoms. The van der Waals surface area contributed by atoms with Gasteiger partial charge in [-0.15, -0.1) is 0 Å². The number of aromatic amines is 1. The summed E-state index contributed by atoms with van der Waals surface area (Å²) in [4.78, 5) is 17.3. The van der Waals surface area contributed by atoms with Gasteiger partial charge in [0.25, 0.3) is 0 Å². The van der Waals surface area contributed by atoms with E-state index >= 15 is 0 Å². The Bertz CT molecular complexity index is 269. The topological polar surface area (TPSA) is 75.2 Å². The Labute approximate surface area is 69.4 Å². The van der Waals surface area contributed by atoms with Crippen LogP contribution in [-0.2, 0) is 11.3 Å². The number of hydrogen-bond acceptors (Lipinski definition) is 4. The first-order valence-corrected chi connectivity index (χ1v) is 3.59. The number of hydrogen-bond donors (Lipinski definition) is 2. The van der Waals surface area contributed by atoms with E-state index in [-0.39, 0.29) is 12.4 Å². The minimum atomic E-state index is -0.503. The first-order valence-electron chi connectivity index (χ1n) is 3.59. The van der Waals surface area contributed by atoms with Crippen molar-refractivity contribution in [3.05, 3.63) is 17.7 Å². The van der Waals surface area contributed by atoms with Crippen molar-refractivity contribution in [3.8, 4) is 0 Å². The number of carbonyl (C=O) groups excluding carboxylic acids is 1. The number of imidazole rings is 1. The molecule has 12 heavy (non-hydrogen) atoms. The van der Waals surface area contributed by atoms with Crippen molar-refractivity contribution < 1.29 is 14.6 Å². The molecule has 5 nitrogen and oxygen atoms in total. The van der Waals surface area contributed by atoms with Gasteiger partial charge in [0.2, 0.25) is 5.82 Å². The van der Waals surface area contributed by atoms with Gasteiger partial charge in [0.15, 0.2) is 0 Å². The lowest BCUT2D eigenvalue weighted by Crippen LogP contribution is -2.06. The molecule has 5 heteroatoms. The summed E-state index contributed by atoms with van der Waals surface area (Å²) in [5, 5.41) is 8.64. The van der Waals surface area contributed by atoms with Crippen LogP contribution in [0.1, 0.15) is 23.2 Å². The molecule has 0 bridgehead atoms. The van der Waals surface area contributed by atoms with Gasteiger partial charge in [-0.3, -0.25) is 0 Å². The zero-order valence-electron chi connectivity index (χ0n) is 6.70. The minimum Gasteiger partial charge on any atom is -0.460 e. The summed E-state index contributed by atoms with van der Waals surface area (Å²) >= 11 is 0. The molecule has 1 aromatic rings. The Morgan fingerprint density at radius 1 is 1.83 bits per heavy atom. The van der Waals surface area contributed by atoms with Crippen LogP contribution >= 0.6 is 0 Å². The van der Waals surface area contributed by atoms with E-state index < -0.39 is 5.97 Å². The van der Waals surface area contributed by atoms with Gasteiger partial charge in [-0.05, 0) is 6.92 Å². The van der Waals surface area contributed by atoms with Crippen molar-refractivity contribution in [2.75, 3.05) is 6.61 Å². The number of carbonyl (C=O) groups is 1. The molecular weight excluding hydrogens is 160 g/mol. The number of H-pyrrole nitrogens is 1. The standard InChI is InChI=1S/C7H10N2O3/c1-2-12-7(11)6-8-3-5(4-10)9-6/h3,10H,2,4H2,1H3,(H,8,9). The molecule has 66 valence electrons. The van der Waals surface area contributed by atoms with Crippen LogP contribution < -0.4 is 0 Å². The van der Waals surface area contributed by atoms with Crippen molar-refractivity contribution in [3.63, 3.8) is 0 Å². The largest absolute Gasteiger partial charge is 0.460 e. The Morgan fingerprint density at radius 3 is 3.08 bits per heavy atom. The van der Waals surface area contributed by atoms with Gasteiger partial charge in [-0.2, -0.15) is 0 Å². The molecule has 0 saturated heterocycles. The van der Waals surface area contributed by atoms with Gasteiger partial charge in [0.05, 0.1) is 25.1 Å². The van der Waals surface area contributed by atoms with E-state index in [1.54, 1.807) is 6.92 Å². The number of esters is 1. The molecule has 2 N–H and O–H groups in total. The maximum Gasteiger partial charge on any atom is 0.374 e. The van der Waals surface area contributed by atoms with Crippen LogP contribution in [0.4, 0.5) is 0 Å². The van der Waals surface area contributed by atoms with E-state index in [0.717, 1.165) is 0 Å². The second kappa shape index (κ2) is 3.87. The highest BCUT2D eigenvalue weighted by atomic mass is 16.5.